The number of rotatable bonds is 6. The number of hydrogen-bond acceptors (Lipinski definition) is 4. The molecule has 1 amide bonds. The van der Waals surface area contributed by atoms with Crippen LogP contribution in [0.25, 0.3) is 5.53 Å². The van der Waals surface area contributed by atoms with Gasteiger partial charge in [-0.1, -0.05) is 12.1 Å². The number of esters is 1. The molecule has 0 aliphatic rings. The van der Waals surface area contributed by atoms with E-state index in [1.54, 1.807) is 45.0 Å². The number of carbonyl (C=O) groups excluding carboxylic acids is 2. The number of ether oxygens (including phenoxy) is 1. The highest BCUT2D eigenvalue weighted by atomic mass is 19.1. The maximum absolute atomic E-state index is 13.8. The molecule has 1 N–H and O–H groups in total. The Morgan fingerprint density at radius 1 is 1.13 bits per heavy atom. The number of hydrogen-bond donors (Lipinski definition) is 1. The van der Waals surface area contributed by atoms with E-state index >= 15 is 0 Å². The fourth-order valence-electron chi connectivity index (χ4n) is 2.67. The molecule has 2 aromatic rings. The number of nitrogens with zero attached hydrogens (tertiary/aromatic N) is 3. The first-order valence-electron chi connectivity index (χ1n) is 9.31. The van der Waals surface area contributed by atoms with Crippen LogP contribution in [0.2, 0.25) is 0 Å². The van der Waals surface area contributed by atoms with Gasteiger partial charge >= 0.3 is 11.7 Å². The van der Waals surface area contributed by atoms with E-state index in [1.807, 2.05) is 19.0 Å². The minimum Gasteiger partial charge on any atom is -0.451 e. The van der Waals surface area contributed by atoms with Crippen molar-refractivity contribution in [2.24, 2.45) is 0 Å². The standard InChI is InChI=1S/C22H25FN4O3/c1-22(2,3)30-21(29)19(26-24)18(15-7-6-8-16(23)13-15)25-20(28)14-9-11-17(12-10-14)27(4)5/h6-13,18H,1-5H3,(H,25,28)/t18-/m0/s1. The summed E-state index contributed by atoms with van der Waals surface area (Å²) in [5, 5.41) is 2.63. The average molecular weight is 412 g/mol. The van der Waals surface area contributed by atoms with Crippen molar-refractivity contribution in [3.8, 4) is 0 Å². The first-order valence-corrected chi connectivity index (χ1v) is 9.31. The molecule has 158 valence electrons. The normalized spacial score (nSPS) is 11.8. The van der Waals surface area contributed by atoms with Gasteiger partial charge in [0.1, 0.15) is 11.4 Å². The summed E-state index contributed by atoms with van der Waals surface area (Å²) in [6.45, 7) is 4.96. The third kappa shape index (κ3) is 5.99. The Morgan fingerprint density at radius 3 is 2.27 bits per heavy atom. The molecule has 30 heavy (non-hydrogen) atoms. The van der Waals surface area contributed by atoms with Crippen molar-refractivity contribution in [2.45, 2.75) is 32.4 Å². The monoisotopic (exact) mass is 412 g/mol. The molecule has 0 unspecified atom stereocenters. The first-order chi connectivity index (χ1) is 14.0. The molecule has 0 fully saturated rings. The zero-order valence-corrected chi connectivity index (χ0v) is 17.6. The summed E-state index contributed by atoms with van der Waals surface area (Å²) in [6.07, 6.45) is 0. The topological polar surface area (TPSA) is 95.0 Å². The summed E-state index contributed by atoms with van der Waals surface area (Å²) in [5.74, 6) is -2.02. The molecule has 0 spiro atoms. The Morgan fingerprint density at radius 2 is 1.77 bits per heavy atom. The molecule has 0 saturated heterocycles. The molecule has 0 aliphatic carbocycles. The molecule has 2 aromatic carbocycles. The van der Waals surface area contributed by atoms with Crippen molar-refractivity contribution in [3.63, 3.8) is 0 Å². The average Bonchev–Trinajstić information content (AvgIpc) is 2.66. The molecule has 2 rings (SSSR count). The fraction of sp³-hybridized carbons (Fsp3) is 0.318. The lowest BCUT2D eigenvalue weighted by atomic mass is 10.0. The van der Waals surface area contributed by atoms with Crippen molar-refractivity contribution in [2.75, 3.05) is 19.0 Å². The van der Waals surface area contributed by atoms with E-state index in [1.165, 1.54) is 18.2 Å². The fourth-order valence-corrected chi connectivity index (χ4v) is 2.67. The lowest BCUT2D eigenvalue weighted by Crippen LogP contribution is -2.40. The Hall–Kier alpha value is -3.51. The van der Waals surface area contributed by atoms with E-state index in [0.717, 1.165) is 11.8 Å². The van der Waals surface area contributed by atoms with Crippen LogP contribution in [0.1, 0.15) is 42.7 Å². The molecule has 1 atom stereocenters. The molecule has 0 aromatic heterocycles. The van der Waals surface area contributed by atoms with E-state index in [0.29, 0.717) is 5.56 Å². The highest BCUT2D eigenvalue weighted by Gasteiger charge is 2.37. The van der Waals surface area contributed by atoms with E-state index in [4.69, 9.17) is 4.74 Å². The van der Waals surface area contributed by atoms with Crippen molar-refractivity contribution in [1.82, 2.24) is 5.32 Å². The molecule has 7 nitrogen and oxygen atoms in total. The van der Waals surface area contributed by atoms with Crippen LogP contribution in [-0.4, -0.2) is 42.1 Å². The smallest absolute Gasteiger partial charge is 0.420 e. The molecule has 8 heteroatoms. The minimum atomic E-state index is -1.22. The SMILES string of the molecule is CN(C)c1ccc(C(=O)N[C@H](C(=[N+]=[N-])C(=O)OC(C)(C)C)c2cccc(F)c2)cc1. The summed E-state index contributed by atoms with van der Waals surface area (Å²) in [6, 6.07) is 10.9. The Kier molecular flexibility index (Phi) is 7.08. The highest BCUT2D eigenvalue weighted by molar-refractivity contribution is 6.36. The number of amides is 1. The maximum atomic E-state index is 13.8. The molecule has 0 saturated carbocycles. The van der Waals surface area contributed by atoms with Crippen molar-refractivity contribution >= 4 is 23.3 Å². The van der Waals surface area contributed by atoms with Crippen molar-refractivity contribution < 1.29 is 23.5 Å². The van der Waals surface area contributed by atoms with Crippen LogP contribution in [0.4, 0.5) is 10.1 Å². The molecule has 0 bridgehead atoms. The Labute approximate surface area is 175 Å². The highest BCUT2D eigenvalue weighted by Crippen LogP contribution is 2.20. The van der Waals surface area contributed by atoms with Gasteiger partial charge in [0.25, 0.3) is 5.91 Å². The predicted octanol–water partition coefficient (Wildman–Crippen LogP) is 3.38. The molecule has 0 radical (unpaired) electrons. The van der Waals surface area contributed by atoms with Gasteiger partial charge in [-0.3, -0.25) is 4.79 Å². The zero-order valence-electron chi connectivity index (χ0n) is 17.6. The van der Waals surface area contributed by atoms with Crippen LogP contribution in [-0.2, 0) is 9.53 Å². The Bertz CT molecular complexity index is 975. The lowest BCUT2D eigenvalue weighted by Gasteiger charge is -2.20. The second-order valence-electron chi connectivity index (χ2n) is 7.89. The van der Waals surface area contributed by atoms with Gasteiger partial charge in [-0.2, -0.15) is 4.79 Å². The minimum absolute atomic E-state index is 0.229. The van der Waals surface area contributed by atoms with Gasteiger partial charge < -0.3 is 20.5 Å². The molecular weight excluding hydrogens is 387 g/mol. The summed E-state index contributed by atoms with van der Waals surface area (Å²) in [4.78, 5) is 30.3. The lowest BCUT2D eigenvalue weighted by molar-refractivity contribution is -0.151. The van der Waals surface area contributed by atoms with Crippen LogP contribution in [0.5, 0.6) is 0 Å². The van der Waals surface area contributed by atoms with Crippen LogP contribution in [0.3, 0.4) is 0 Å². The van der Waals surface area contributed by atoms with Crippen molar-refractivity contribution in [3.05, 3.63) is 71.0 Å². The van der Waals surface area contributed by atoms with E-state index < -0.39 is 35.0 Å². The third-order valence-corrected chi connectivity index (χ3v) is 4.09. The van der Waals surface area contributed by atoms with Crippen LogP contribution in [0.15, 0.2) is 48.5 Å². The first kappa shape index (κ1) is 22.8. The largest absolute Gasteiger partial charge is 0.451 e. The molecule has 0 aliphatic heterocycles. The molecular formula is C22H25FN4O3. The van der Waals surface area contributed by atoms with E-state index in [9.17, 15) is 19.5 Å². The van der Waals surface area contributed by atoms with Crippen LogP contribution >= 0.6 is 0 Å². The second-order valence-corrected chi connectivity index (χ2v) is 7.89. The van der Waals surface area contributed by atoms with Crippen LogP contribution < -0.4 is 10.2 Å². The summed E-state index contributed by atoms with van der Waals surface area (Å²) in [7, 11) is 3.75. The summed E-state index contributed by atoms with van der Waals surface area (Å²) >= 11 is 0. The third-order valence-electron chi connectivity index (χ3n) is 4.09. The van der Waals surface area contributed by atoms with Crippen LogP contribution in [0, 0.1) is 5.82 Å². The van der Waals surface area contributed by atoms with E-state index in [2.05, 4.69) is 10.1 Å². The van der Waals surface area contributed by atoms with Gasteiger partial charge in [0.15, 0.2) is 6.04 Å². The van der Waals surface area contributed by atoms with Gasteiger partial charge in [-0.05, 0) is 62.7 Å². The van der Waals surface area contributed by atoms with Gasteiger partial charge in [-0.25, -0.2) is 9.18 Å². The zero-order chi connectivity index (χ0) is 22.5. The molecule has 0 heterocycles. The predicted molar refractivity (Wildman–Crippen MR) is 112 cm³/mol. The quantitative estimate of drug-likeness (QED) is 0.341. The van der Waals surface area contributed by atoms with Gasteiger partial charge in [0.05, 0.1) is 0 Å². The Balaban J connectivity index is 2.39. The summed E-state index contributed by atoms with van der Waals surface area (Å²) < 4.78 is 19.1. The van der Waals surface area contributed by atoms with Gasteiger partial charge in [0.2, 0.25) is 0 Å². The number of halogens is 1. The van der Waals surface area contributed by atoms with Gasteiger partial charge in [-0.15, -0.1) is 0 Å². The number of carbonyl (C=O) groups is 2. The maximum Gasteiger partial charge on any atom is 0.420 e. The van der Waals surface area contributed by atoms with Crippen molar-refractivity contribution in [1.29, 1.82) is 0 Å². The van der Waals surface area contributed by atoms with E-state index in [-0.39, 0.29) is 5.56 Å². The summed E-state index contributed by atoms with van der Waals surface area (Å²) in [5.41, 5.74) is 9.65. The second kappa shape index (κ2) is 9.33. The number of anilines is 1. The van der Waals surface area contributed by atoms with Gasteiger partial charge in [0, 0.05) is 25.3 Å². The number of benzene rings is 2. The number of nitrogens with one attached hydrogen (secondary N) is 1.